The van der Waals surface area contributed by atoms with Crippen LogP contribution in [0.15, 0.2) is 42.7 Å². The summed E-state index contributed by atoms with van der Waals surface area (Å²) in [5.41, 5.74) is 8.33. The lowest BCUT2D eigenvalue weighted by Crippen LogP contribution is -2.23. The first-order valence-corrected chi connectivity index (χ1v) is 6.52. The highest BCUT2D eigenvalue weighted by Gasteiger charge is 2.08. The standard InChI is InChI=1S/C14H16N4S/c1-2-18(10-11-5-3-4-7-16-11)12-6-8-17-13(9-12)14(15)19/h3-9H,2,10H2,1H3,(H2,15,19). The molecule has 0 unspecified atom stereocenters. The minimum Gasteiger partial charge on any atom is -0.388 e. The lowest BCUT2D eigenvalue weighted by molar-refractivity contribution is 0.808. The molecule has 0 saturated carbocycles. The molecule has 5 heteroatoms. The van der Waals surface area contributed by atoms with E-state index in [1.165, 1.54) is 0 Å². The Morgan fingerprint density at radius 3 is 2.74 bits per heavy atom. The molecule has 98 valence electrons. The Balaban J connectivity index is 2.22. The molecule has 0 aliphatic carbocycles. The summed E-state index contributed by atoms with van der Waals surface area (Å²) in [6.45, 7) is 3.72. The van der Waals surface area contributed by atoms with E-state index < -0.39 is 0 Å². The summed E-state index contributed by atoms with van der Waals surface area (Å²) in [7, 11) is 0. The number of hydrogen-bond acceptors (Lipinski definition) is 4. The van der Waals surface area contributed by atoms with Gasteiger partial charge in [0.1, 0.15) is 4.99 Å². The third-order valence-corrected chi connectivity index (χ3v) is 3.03. The first-order valence-electron chi connectivity index (χ1n) is 6.11. The molecular weight excluding hydrogens is 256 g/mol. The van der Waals surface area contributed by atoms with Gasteiger partial charge in [0.05, 0.1) is 17.9 Å². The van der Waals surface area contributed by atoms with E-state index in [0.29, 0.717) is 10.7 Å². The van der Waals surface area contributed by atoms with E-state index in [0.717, 1.165) is 24.5 Å². The highest BCUT2D eigenvalue weighted by Crippen LogP contribution is 2.16. The van der Waals surface area contributed by atoms with Gasteiger partial charge < -0.3 is 10.6 Å². The van der Waals surface area contributed by atoms with Crippen molar-refractivity contribution in [3.05, 3.63) is 54.1 Å². The molecule has 0 radical (unpaired) electrons. The van der Waals surface area contributed by atoms with E-state index in [-0.39, 0.29) is 0 Å². The average Bonchev–Trinajstić information content (AvgIpc) is 2.46. The zero-order valence-corrected chi connectivity index (χ0v) is 11.6. The summed E-state index contributed by atoms with van der Waals surface area (Å²) < 4.78 is 0. The number of nitrogens with two attached hydrogens (primary N) is 1. The maximum Gasteiger partial charge on any atom is 0.122 e. The van der Waals surface area contributed by atoms with E-state index in [2.05, 4.69) is 21.8 Å². The molecule has 0 amide bonds. The Bertz CT molecular complexity index is 556. The van der Waals surface area contributed by atoms with Crippen molar-refractivity contribution in [1.82, 2.24) is 9.97 Å². The van der Waals surface area contributed by atoms with Crippen molar-refractivity contribution in [3.8, 4) is 0 Å². The quantitative estimate of drug-likeness (QED) is 0.845. The van der Waals surface area contributed by atoms with Crippen LogP contribution in [0, 0.1) is 0 Å². The molecule has 19 heavy (non-hydrogen) atoms. The Morgan fingerprint density at radius 2 is 2.11 bits per heavy atom. The molecule has 0 atom stereocenters. The van der Waals surface area contributed by atoms with Crippen LogP contribution in [0.2, 0.25) is 0 Å². The summed E-state index contributed by atoms with van der Waals surface area (Å²) >= 11 is 4.96. The van der Waals surface area contributed by atoms with Crippen molar-refractivity contribution in [2.75, 3.05) is 11.4 Å². The Hall–Kier alpha value is -2.01. The average molecular weight is 272 g/mol. The van der Waals surface area contributed by atoms with Crippen molar-refractivity contribution in [2.45, 2.75) is 13.5 Å². The smallest absolute Gasteiger partial charge is 0.122 e. The predicted molar refractivity (Wildman–Crippen MR) is 81.1 cm³/mol. The third kappa shape index (κ3) is 3.48. The topological polar surface area (TPSA) is 55.0 Å². The lowest BCUT2D eigenvalue weighted by Gasteiger charge is -2.23. The first kappa shape index (κ1) is 13.4. The Kier molecular flexibility index (Phi) is 4.41. The van der Waals surface area contributed by atoms with Crippen LogP contribution in [0.3, 0.4) is 0 Å². The molecule has 0 aliphatic rings. The molecule has 4 nitrogen and oxygen atoms in total. The van der Waals surface area contributed by atoms with Gasteiger partial charge >= 0.3 is 0 Å². The van der Waals surface area contributed by atoms with Crippen LogP contribution in [0.4, 0.5) is 5.69 Å². The Morgan fingerprint density at radius 1 is 1.26 bits per heavy atom. The second-order valence-corrected chi connectivity index (χ2v) is 4.54. The van der Waals surface area contributed by atoms with Crippen LogP contribution in [0.1, 0.15) is 18.3 Å². The van der Waals surface area contributed by atoms with Gasteiger partial charge in [-0.2, -0.15) is 0 Å². The van der Waals surface area contributed by atoms with E-state index in [1.807, 2.05) is 30.3 Å². The van der Waals surface area contributed by atoms with Crippen molar-refractivity contribution in [1.29, 1.82) is 0 Å². The molecule has 0 spiro atoms. The normalized spacial score (nSPS) is 10.2. The van der Waals surface area contributed by atoms with Crippen LogP contribution in [-0.2, 0) is 6.54 Å². The minimum atomic E-state index is 0.315. The molecule has 2 heterocycles. The number of thiocarbonyl (C=S) groups is 1. The molecule has 0 saturated heterocycles. The van der Waals surface area contributed by atoms with Gasteiger partial charge in [-0.1, -0.05) is 18.3 Å². The number of pyridine rings is 2. The van der Waals surface area contributed by atoms with Crippen molar-refractivity contribution >= 4 is 22.9 Å². The molecule has 0 aromatic carbocycles. The first-order chi connectivity index (χ1) is 9.20. The molecule has 0 bridgehead atoms. The van der Waals surface area contributed by atoms with Gasteiger partial charge in [0.15, 0.2) is 0 Å². The number of hydrogen-bond donors (Lipinski definition) is 1. The zero-order valence-electron chi connectivity index (χ0n) is 10.8. The molecule has 2 aromatic rings. The van der Waals surface area contributed by atoms with Gasteiger partial charge in [0, 0.05) is 24.6 Å². The van der Waals surface area contributed by atoms with Crippen LogP contribution < -0.4 is 10.6 Å². The van der Waals surface area contributed by atoms with Crippen LogP contribution in [0.25, 0.3) is 0 Å². The highest BCUT2D eigenvalue weighted by atomic mass is 32.1. The number of anilines is 1. The van der Waals surface area contributed by atoms with Gasteiger partial charge in [0.2, 0.25) is 0 Å². The monoisotopic (exact) mass is 272 g/mol. The second kappa shape index (κ2) is 6.24. The zero-order chi connectivity index (χ0) is 13.7. The third-order valence-electron chi connectivity index (χ3n) is 2.82. The molecule has 2 N–H and O–H groups in total. The van der Waals surface area contributed by atoms with Crippen molar-refractivity contribution < 1.29 is 0 Å². The van der Waals surface area contributed by atoms with Crippen LogP contribution >= 0.6 is 12.2 Å². The SMILES string of the molecule is CCN(Cc1ccccn1)c1ccnc(C(N)=S)c1. The molecule has 0 aliphatic heterocycles. The summed E-state index contributed by atoms with van der Waals surface area (Å²) in [4.78, 5) is 11.0. The van der Waals surface area contributed by atoms with Crippen molar-refractivity contribution in [3.63, 3.8) is 0 Å². The van der Waals surface area contributed by atoms with Gasteiger partial charge in [-0.3, -0.25) is 9.97 Å². The van der Waals surface area contributed by atoms with Crippen LogP contribution in [0.5, 0.6) is 0 Å². The largest absolute Gasteiger partial charge is 0.388 e. The van der Waals surface area contributed by atoms with Gasteiger partial charge in [0.25, 0.3) is 0 Å². The van der Waals surface area contributed by atoms with Crippen molar-refractivity contribution in [2.24, 2.45) is 5.73 Å². The van der Waals surface area contributed by atoms with E-state index >= 15 is 0 Å². The molecule has 2 rings (SSSR count). The maximum atomic E-state index is 5.61. The number of nitrogens with zero attached hydrogens (tertiary/aromatic N) is 3. The highest BCUT2D eigenvalue weighted by molar-refractivity contribution is 7.80. The summed E-state index contributed by atoms with van der Waals surface area (Å²) in [6.07, 6.45) is 3.53. The summed E-state index contributed by atoms with van der Waals surface area (Å²) in [5, 5.41) is 0. The van der Waals surface area contributed by atoms with E-state index in [9.17, 15) is 0 Å². The van der Waals surface area contributed by atoms with Gasteiger partial charge in [-0.05, 0) is 31.2 Å². The minimum absolute atomic E-state index is 0.315. The summed E-state index contributed by atoms with van der Waals surface area (Å²) in [6, 6.07) is 9.78. The Labute approximate surface area is 118 Å². The van der Waals surface area contributed by atoms with E-state index in [1.54, 1.807) is 12.4 Å². The summed E-state index contributed by atoms with van der Waals surface area (Å²) in [5.74, 6) is 0. The number of rotatable bonds is 5. The molecule has 0 fully saturated rings. The van der Waals surface area contributed by atoms with Gasteiger partial charge in [-0.25, -0.2) is 0 Å². The fourth-order valence-corrected chi connectivity index (χ4v) is 1.94. The maximum absolute atomic E-state index is 5.61. The fourth-order valence-electron chi connectivity index (χ4n) is 1.82. The van der Waals surface area contributed by atoms with Crippen LogP contribution in [-0.4, -0.2) is 21.5 Å². The molecular formula is C14H16N4S. The fraction of sp³-hybridized carbons (Fsp3) is 0.214. The lowest BCUT2D eigenvalue weighted by atomic mass is 10.2. The van der Waals surface area contributed by atoms with Gasteiger partial charge in [-0.15, -0.1) is 0 Å². The molecule has 2 aromatic heterocycles. The predicted octanol–water partition coefficient (Wildman–Crippen LogP) is 2.14. The second-order valence-electron chi connectivity index (χ2n) is 4.10. The van der Waals surface area contributed by atoms with E-state index in [4.69, 9.17) is 18.0 Å². The number of aromatic nitrogens is 2.